The highest BCUT2D eigenvalue weighted by Gasteiger charge is 2.44. The Morgan fingerprint density at radius 2 is 1.62 bits per heavy atom. The van der Waals surface area contributed by atoms with Crippen LogP contribution in [0.4, 0.5) is 4.79 Å². The van der Waals surface area contributed by atoms with E-state index in [2.05, 4.69) is 10.2 Å². The number of carbonyl (C=O) groups is 2. The van der Waals surface area contributed by atoms with Gasteiger partial charge in [0.15, 0.2) is 5.78 Å². The first-order valence-corrected chi connectivity index (χ1v) is 15.6. The van der Waals surface area contributed by atoms with Crippen LogP contribution in [0.3, 0.4) is 0 Å². The summed E-state index contributed by atoms with van der Waals surface area (Å²) < 4.78 is 16.3. The maximum atomic E-state index is 13.9. The SMILES string of the molecule is CC(=O)c1ccc(-n2c(=O)n3n(c2=O)C2C(=CC3)C(C)(C)Oc3cc(OC(=O)N4CCN(C5CCNCC5)CC4)ccc32)cc1.Cl.Cl. The molecule has 5 heterocycles. The highest BCUT2D eigenvalue weighted by Crippen LogP contribution is 2.47. The Labute approximate surface area is 284 Å². The number of fused-ring (bicyclic) bond motifs is 5. The molecule has 0 aliphatic carbocycles. The normalized spacial score (nSPS) is 20.3. The highest BCUT2D eigenvalue weighted by atomic mass is 35.5. The van der Waals surface area contributed by atoms with Gasteiger partial charge in [0.25, 0.3) is 0 Å². The molecule has 2 fully saturated rings. The van der Waals surface area contributed by atoms with Crippen molar-refractivity contribution >= 4 is 36.7 Å². The molecule has 12 nitrogen and oxygen atoms in total. The quantitative estimate of drug-likeness (QED) is 0.328. The van der Waals surface area contributed by atoms with Gasteiger partial charge in [-0.25, -0.2) is 28.3 Å². The van der Waals surface area contributed by atoms with Crippen LogP contribution in [-0.4, -0.2) is 86.5 Å². The second-order valence-electron chi connectivity index (χ2n) is 12.7. The van der Waals surface area contributed by atoms with E-state index in [1.54, 1.807) is 47.4 Å². The predicted molar refractivity (Wildman–Crippen MR) is 181 cm³/mol. The summed E-state index contributed by atoms with van der Waals surface area (Å²) in [5.41, 5.74) is 0.675. The monoisotopic (exact) mass is 686 g/mol. The lowest BCUT2D eigenvalue weighted by atomic mass is 9.83. The molecule has 0 radical (unpaired) electrons. The van der Waals surface area contributed by atoms with Gasteiger partial charge in [-0.1, -0.05) is 6.08 Å². The van der Waals surface area contributed by atoms with Crippen LogP contribution >= 0.6 is 24.8 Å². The molecule has 1 amide bonds. The number of nitrogens with one attached hydrogen (secondary N) is 1. The number of hydrogen-bond donors (Lipinski definition) is 1. The van der Waals surface area contributed by atoms with Crippen molar-refractivity contribution in [2.75, 3.05) is 39.3 Å². The Morgan fingerprint density at radius 1 is 0.936 bits per heavy atom. The second kappa shape index (κ2) is 13.3. The van der Waals surface area contributed by atoms with Gasteiger partial charge in [0.1, 0.15) is 23.1 Å². The average Bonchev–Trinajstić information content (AvgIpc) is 3.30. The fourth-order valence-corrected chi connectivity index (χ4v) is 7.11. The molecule has 47 heavy (non-hydrogen) atoms. The van der Waals surface area contributed by atoms with Gasteiger partial charge in [0, 0.05) is 49.4 Å². The van der Waals surface area contributed by atoms with E-state index in [-0.39, 0.29) is 37.1 Å². The minimum absolute atomic E-state index is 0. The molecule has 2 aromatic carbocycles. The molecule has 0 saturated carbocycles. The lowest BCUT2D eigenvalue weighted by Crippen LogP contribution is -2.54. The maximum absolute atomic E-state index is 13.9. The number of Topliss-reactive ketones (excluding diaryl/α,β-unsaturated/α-hetero) is 1. The Kier molecular flexibility index (Phi) is 9.79. The third kappa shape index (κ3) is 6.15. The van der Waals surface area contributed by atoms with Crippen molar-refractivity contribution in [2.24, 2.45) is 0 Å². The number of allylic oxidation sites excluding steroid dienone is 1. The van der Waals surface area contributed by atoms with Crippen LogP contribution in [0, 0.1) is 0 Å². The molecule has 7 rings (SSSR count). The number of hydrogen-bond acceptors (Lipinski definition) is 8. The van der Waals surface area contributed by atoms with Crippen molar-refractivity contribution in [3.8, 4) is 17.2 Å². The summed E-state index contributed by atoms with van der Waals surface area (Å²) in [4.78, 5) is 56.6. The number of carbonyl (C=O) groups excluding carboxylic acids is 2. The molecule has 0 bridgehead atoms. The molecular weight excluding hydrogens is 647 g/mol. The van der Waals surface area contributed by atoms with Crippen molar-refractivity contribution in [1.82, 2.24) is 29.0 Å². The van der Waals surface area contributed by atoms with Crippen LogP contribution in [0.15, 0.2) is 63.7 Å². The number of ketones is 1. The van der Waals surface area contributed by atoms with Crippen molar-refractivity contribution < 1.29 is 19.1 Å². The number of ether oxygens (including phenoxy) is 2. The summed E-state index contributed by atoms with van der Waals surface area (Å²) in [6, 6.07) is 11.6. The second-order valence-corrected chi connectivity index (χ2v) is 12.7. The van der Waals surface area contributed by atoms with Gasteiger partial charge in [-0.05, 0) is 88.7 Å². The lowest BCUT2D eigenvalue weighted by Gasteiger charge is -2.42. The first-order chi connectivity index (χ1) is 21.6. The highest BCUT2D eigenvalue weighted by molar-refractivity contribution is 5.94. The van der Waals surface area contributed by atoms with Gasteiger partial charge >= 0.3 is 17.5 Å². The third-order valence-corrected chi connectivity index (χ3v) is 9.56. The summed E-state index contributed by atoms with van der Waals surface area (Å²) >= 11 is 0. The van der Waals surface area contributed by atoms with Crippen LogP contribution in [-0.2, 0) is 6.54 Å². The van der Waals surface area contributed by atoms with E-state index in [9.17, 15) is 19.2 Å². The van der Waals surface area contributed by atoms with Crippen LogP contribution in [0.2, 0.25) is 0 Å². The minimum Gasteiger partial charge on any atom is -0.483 e. The number of amides is 1. The topological polar surface area (TPSA) is 120 Å². The van der Waals surface area contributed by atoms with Crippen molar-refractivity contribution in [3.05, 3.63) is 86.2 Å². The van der Waals surface area contributed by atoms with E-state index in [4.69, 9.17) is 9.47 Å². The van der Waals surface area contributed by atoms with Crippen LogP contribution in [0.25, 0.3) is 5.69 Å². The molecule has 1 unspecified atom stereocenters. The number of nitrogens with zero attached hydrogens (tertiary/aromatic N) is 5. The Bertz CT molecular complexity index is 1810. The summed E-state index contributed by atoms with van der Waals surface area (Å²) in [6.45, 7) is 10.5. The average molecular weight is 688 g/mol. The van der Waals surface area contributed by atoms with Crippen LogP contribution < -0.4 is 26.2 Å². The largest absolute Gasteiger partial charge is 0.483 e. The van der Waals surface area contributed by atoms with Gasteiger partial charge in [-0.2, -0.15) is 0 Å². The number of rotatable bonds is 4. The Balaban J connectivity index is 0.00000217. The van der Waals surface area contributed by atoms with Gasteiger partial charge < -0.3 is 19.7 Å². The summed E-state index contributed by atoms with van der Waals surface area (Å²) in [6.07, 6.45) is 3.81. The molecule has 0 spiro atoms. The molecule has 1 aromatic heterocycles. The fourth-order valence-electron chi connectivity index (χ4n) is 7.11. The third-order valence-electron chi connectivity index (χ3n) is 9.56. The first kappa shape index (κ1) is 34.5. The molecule has 14 heteroatoms. The zero-order valence-electron chi connectivity index (χ0n) is 26.6. The van der Waals surface area contributed by atoms with Crippen molar-refractivity contribution in [1.29, 1.82) is 0 Å². The van der Waals surface area contributed by atoms with Gasteiger partial charge in [0.2, 0.25) is 0 Å². The van der Waals surface area contributed by atoms with Gasteiger partial charge in [-0.15, -0.1) is 24.8 Å². The lowest BCUT2D eigenvalue weighted by molar-refractivity contribution is 0.0783. The van der Waals surface area contributed by atoms with Gasteiger partial charge in [0.05, 0.1) is 12.2 Å². The molecule has 4 aliphatic heterocycles. The molecule has 3 aromatic rings. The van der Waals surface area contributed by atoms with E-state index >= 15 is 0 Å². The zero-order chi connectivity index (χ0) is 31.5. The minimum atomic E-state index is -0.794. The van der Waals surface area contributed by atoms with E-state index in [0.717, 1.165) is 49.2 Å². The number of piperazine rings is 1. The molecule has 1 atom stereocenters. The Morgan fingerprint density at radius 3 is 2.28 bits per heavy atom. The van der Waals surface area contributed by atoms with Crippen molar-refractivity contribution in [2.45, 2.75) is 57.8 Å². The predicted octanol–water partition coefficient (Wildman–Crippen LogP) is 3.42. The molecule has 252 valence electrons. The standard InChI is InChI=1S/C33H38N6O6.2ClH/c1-21(40)22-4-6-24(7-5-22)38-30(41)37-15-12-27-29(39(37)31(38)42)26-9-8-25(20-28(26)45-33(27,2)3)44-32(43)36-18-16-35(17-19-36)23-10-13-34-14-11-23;;/h4-9,12,20,23,29,34H,10-11,13-19H2,1-3H3;2*1H. The van der Waals surface area contributed by atoms with Crippen LogP contribution in [0.5, 0.6) is 11.5 Å². The number of piperidine rings is 1. The molecule has 2 saturated heterocycles. The first-order valence-electron chi connectivity index (χ1n) is 15.6. The van der Waals surface area contributed by atoms with Gasteiger partial charge in [-0.3, -0.25) is 9.69 Å². The van der Waals surface area contributed by atoms with Crippen molar-refractivity contribution in [3.63, 3.8) is 0 Å². The smallest absolute Gasteiger partial charge is 0.415 e. The van der Waals surface area contributed by atoms with E-state index in [0.29, 0.717) is 47.4 Å². The maximum Gasteiger partial charge on any atom is 0.415 e. The molecule has 1 N–H and O–H groups in total. The van der Waals surface area contributed by atoms with E-state index < -0.39 is 29.1 Å². The fraction of sp³-hybridized carbons (Fsp3) is 0.455. The summed E-state index contributed by atoms with van der Waals surface area (Å²) in [5, 5.41) is 3.41. The zero-order valence-corrected chi connectivity index (χ0v) is 28.3. The number of aromatic nitrogens is 3. The number of halogens is 2. The summed E-state index contributed by atoms with van der Waals surface area (Å²) in [5.74, 6) is 0.734. The Hall–Kier alpha value is -3.84. The summed E-state index contributed by atoms with van der Waals surface area (Å²) in [7, 11) is 0. The van der Waals surface area contributed by atoms with E-state index in [1.165, 1.54) is 16.3 Å². The van der Waals surface area contributed by atoms with E-state index in [1.807, 2.05) is 19.9 Å². The molecule has 4 aliphatic rings. The number of benzene rings is 2. The van der Waals surface area contributed by atoms with Crippen LogP contribution in [0.1, 0.15) is 55.6 Å². The molecular formula is C33H40Cl2N6O6.